The normalized spacial score (nSPS) is 12.5. The van der Waals surface area contributed by atoms with Gasteiger partial charge < -0.3 is 4.98 Å². The van der Waals surface area contributed by atoms with Gasteiger partial charge in [0.2, 0.25) is 22.8 Å². The number of fused-ring (bicyclic) bond motifs is 12. The predicted octanol–water partition coefficient (Wildman–Crippen LogP) is 14.1. The van der Waals surface area contributed by atoms with E-state index in [9.17, 15) is 0 Å². The third-order valence-electron chi connectivity index (χ3n) is 14.7. The molecule has 0 N–H and O–H groups in total. The second-order valence-corrected chi connectivity index (χ2v) is 20.1. The van der Waals surface area contributed by atoms with Crippen LogP contribution in [0.4, 0.5) is 0 Å². The first kappa shape index (κ1) is 48.4. The summed E-state index contributed by atoms with van der Waals surface area (Å²) >= 11 is 0. The van der Waals surface area contributed by atoms with E-state index in [2.05, 4.69) is 229 Å². The maximum atomic E-state index is 7.56. The summed E-state index contributed by atoms with van der Waals surface area (Å²) in [6, 6.07) is 73.0. The molecule has 4 aliphatic heterocycles. The van der Waals surface area contributed by atoms with Crippen LogP contribution in [0.25, 0.3) is 67.4 Å². The van der Waals surface area contributed by atoms with Crippen LogP contribution in [0.15, 0.2) is 231 Å². The van der Waals surface area contributed by atoms with Crippen LogP contribution < -0.4 is 18.3 Å². The number of hydrogen-bond acceptors (Lipinski definition) is 1. The fourth-order valence-electron chi connectivity index (χ4n) is 10.8. The molecule has 77 heavy (non-hydrogen) atoms. The van der Waals surface area contributed by atoms with E-state index in [1.54, 1.807) is 6.20 Å². The Balaban J connectivity index is 0.000000113. The average molecular weight is 1180 g/mol. The van der Waals surface area contributed by atoms with Gasteiger partial charge in [-0.15, -0.1) is 35.4 Å². The van der Waals surface area contributed by atoms with E-state index in [4.69, 9.17) is 4.11 Å². The summed E-state index contributed by atoms with van der Waals surface area (Å²) in [5.41, 5.74) is 27.0. The molecule has 0 bridgehead atoms. The number of hydrogen-bond donors (Lipinski definition) is 0. The zero-order valence-electron chi connectivity index (χ0n) is 47.3. The van der Waals surface area contributed by atoms with Crippen LogP contribution >= 0.6 is 0 Å². The Kier molecular flexibility index (Phi) is 14.6. The minimum Gasteiger partial charge on any atom is -0.305 e. The van der Waals surface area contributed by atoms with Gasteiger partial charge >= 0.3 is 0 Å². The van der Waals surface area contributed by atoms with Crippen LogP contribution in [0, 0.1) is 47.5 Å². The maximum Gasteiger partial charge on any atom is 0.216 e. The molecule has 0 aliphatic carbocycles. The molecule has 6 aromatic carbocycles. The smallest absolute Gasteiger partial charge is 0.216 e. The van der Waals surface area contributed by atoms with E-state index in [-0.39, 0.29) is 20.1 Å². The van der Waals surface area contributed by atoms with Crippen LogP contribution in [0.5, 0.6) is 0 Å². The zero-order valence-corrected chi connectivity index (χ0v) is 46.7. The Bertz CT molecular complexity index is 4000. The first-order valence-corrected chi connectivity index (χ1v) is 26.2. The van der Waals surface area contributed by atoms with E-state index < -0.39 is 6.85 Å². The molecule has 15 rings (SSSR count). The van der Waals surface area contributed by atoms with Gasteiger partial charge in [-0.2, -0.15) is 18.3 Å². The van der Waals surface area contributed by atoms with Gasteiger partial charge in [-0.3, -0.25) is 0 Å². The summed E-state index contributed by atoms with van der Waals surface area (Å²) in [5.74, 6) is 0. The summed E-state index contributed by atoms with van der Waals surface area (Å²) in [5, 5.41) is 0. The first-order valence-electron chi connectivity index (χ1n) is 27.7. The molecule has 11 aromatic rings. The number of pyridine rings is 5. The first-order chi connectivity index (χ1) is 38.4. The van der Waals surface area contributed by atoms with Crippen LogP contribution in [0.2, 0.25) is 0 Å². The largest absolute Gasteiger partial charge is 0.305 e. The second kappa shape index (κ2) is 23.3. The molecule has 0 amide bonds. The molecule has 0 saturated heterocycles. The van der Waals surface area contributed by atoms with Crippen molar-refractivity contribution in [2.45, 2.75) is 67.6 Å². The Morgan fingerprint density at radius 2 is 0.987 bits per heavy atom. The van der Waals surface area contributed by atoms with E-state index >= 15 is 0 Å². The predicted molar refractivity (Wildman–Crippen MR) is 307 cm³/mol. The third-order valence-corrected chi connectivity index (χ3v) is 14.7. The third kappa shape index (κ3) is 11.3. The van der Waals surface area contributed by atoms with Crippen LogP contribution in [-0.2, 0) is 46.3 Å². The Morgan fingerprint density at radius 1 is 0.416 bits per heavy atom. The van der Waals surface area contributed by atoms with Gasteiger partial charge in [-0.1, -0.05) is 109 Å². The van der Waals surface area contributed by atoms with Crippen molar-refractivity contribution < 1.29 is 42.5 Å². The van der Waals surface area contributed by atoms with Gasteiger partial charge in [0.25, 0.3) is 0 Å². The summed E-state index contributed by atoms with van der Waals surface area (Å²) in [4.78, 5) is 4.39. The van der Waals surface area contributed by atoms with Crippen molar-refractivity contribution in [3.63, 3.8) is 0 Å². The van der Waals surface area contributed by atoms with Gasteiger partial charge in [0.05, 0.1) is 22.3 Å². The number of aryl methyl sites for hydroxylation is 6. The summed E-state index contributed by atoms with van der Waals surface area (Å²) in [6.45, 7) is 12.2. The monoisotopic (exact) mass is 1180 g/mol. The number of rotatable bonds is 2. The molecule has 9 heterocycles. The SMILES string of the molecule is Cc1ccc(C)c(-c2cc[c-]c(-c3ccccn3)c2)c1.Cc1ccc2[n+](c1)Cc1ccccc1-2.Cc1ccc[n+]2c1-c1ccccc1C2.[2H]C([2H])([2H])c1c[n+]2c(cc1C)-c1ccccc1C2.[Ir].c1ccc2c(c1)C[n+]1ccccc1-2. The molecule has 379 valence electrons. The fraction of sp³-hybridized carbons (Fsp3) is 0.141. The average Bonchev–Trinajstić information content (AvgIpc) is 4.28. The van der Waals surface area contributed by atoms with Crippen molar-refractivity contribution >= 4 is 0 Å². The van der Waals surface area contributed by atoms with Gasteiger partial charge in [0.15, 0.2) is 51.0 Å². The molecule has 1 radical (unpaired) electrons. The Hall–Kier alpha value is -8.28. The van der Waals surface area contributed by atoms with Crippen molar-refractivity contribution in [2.24, 2.45) is 0 Å². The molecule has 0 atom stereocenters. The van der Waals surface area contributed by atoms with E-state index in [1.807, 2.05) is 60.2 Å². The molecule has 0 spiro atoms. The van der Waals surface area contributed by atoms with E-state index in [0.717, 1.165) is 48.7 Å². The van der Waals surface area contributed by atoms with Crippen molar-refractivity contribution in [2.75, 3.05) is 0 Å². The van der Waals surface area contributed by atoms with Crippen LogP contribution in [0.1, 0.15) is 59.7 Å². The van der Waals surface area contributed by atoms with E-state index in [1.165, 1.54) is 95.0 Å². The summed E-state index contributed by atoms with van der Waals surface area (Å²) in [7, 11) is 0. The van der Waals surface area contributed by atoms with Crippen LogP contribution in [-0.4, -0.2) is 4.98 Å². The molecular formula is C71H64IrN5+3. The van der Waals surface area contributed by atoms with Gasteiger partial charge in [-0.05, 0) is 112 Å². The Labute approximate surface area is 472 Å². The Morgan fingerprint density at radius 3 is 1.68 bits per heavy atom. The molecule has 0 saturated carbocycles. The standard InChI is InChI=1S/C19H16N.C14H14N.2C13H12N.C12H10N.Ir/c1-14-9-10-15(2)18(12-14)16-6-5-7-17(13-16)19-8-3-4-11-20-19;1-10-7-14-13-6-4-3-5-12(13)9-15(14)8-11(10)2;1-10-5-4-8-14-9-11-6-2-3-7-12(11)13(10)14;1-10-6-7-13-12-5-3-2-4-11(12)9-14(13)8-10;1-2-6-11-10(5-1)9-13-8-4-3-7-12(11)13;/h3-6,8-13H,1-2H3;3-8H,9H2,1-2H3;2*2-8H,9H2,1H3;1-8H,9H2;/q-1;4*+1;/i;2D3;;;;. The molecule has 0 unspecified atom stereocenters. The van der Waals surface area contributed by atoms with Gasteiger partial charge in [-0.25, -0.2) is 0 Å². The minimum absolute atomic E-state index is 0. The zero-order chi connectivity index (χ0) is 54.6. The molecule has 5 nitrogen and oxygen atoms in total. The quantitative estimate of drug-likeness (QED) is 0.125. The van der Waals surface area contributed by atoms with Crippen molar-refractivity contribution in [1.29, 1.82) is 0 Å². The van der Waals surface area contributed by atoms with Gasteiger partial charge in [0.1, 0.15) is 0 Å². The second-order valence-electron chi connectivity index (χ2n) is 20.1. The number of nitrogens with zero attached hydrogens (tertiary/aromatic N) is 5. The summed E-state index contributed by atoms with van der Waals surface area (Å²) in [6.07, 6.45) is 10.1. The summed E-state index contributed by atoms with van der Waals surface area (Å²) < 4.78 is 31.6. The van der Waals surface area contributed by atoms with Crippen molar-refractivity contribution in [3.05, 3.63) is 293 Å². The topological polar surface area (TPSA) is 28.4 Å². The minimum atomic E-state index is -2.04. The van der Waals surface area contributed by atoms with Crippen molar-refractivity contribution in [1.82, 2.24) is 4.98 Å². The number of benzene rings is 6. The molecule has 5 aromatic heterocycles. The fourth-order valence-corrected chi connectivity index (χ4v) is 10.8. The number of aromatic nitrogens is 5. The molecule has 4 aliphatic rings. The van der Waals surface area contributed by atoms with E-state index in [0.29, 0.717) is 5.56 Å². The molecule has 0 fully saturated rings. The maximum absolute atomic E-state index is 7.56. The van der Waals surface area contributed by atoms with Crippen LogP contribution in [0.3, 0.4) is 0 Å². The molecule has 6 heteroatoms. The molecular weight excluding hydrogens is 1120 g/mol. The van der Waals surface area contributed by atoms with Gasteiger partial charge in [0, 0.05) is 99.7 Å². The van der Waals surface area contributed by atoms with Crippen molar-refractivity contribution in [3.8, 4) is 67.4 Å².